The Morgan fingerprint density at radius 2 is 1.69 bits per heavy atom. The van der Waals surface area contributed by atoms with Gasteiger partial charge in [-0.3, -0.25) is 4.79 Å². The van der Waals surface area contributed by atoms with Crippen molar-refractivity contribution in [3.8, 4) is 11.4 Å². The normalized spacial score (nSPS) is 12.8. The van der Waals surface area contributed by atoms with E-state index >= 15 is 0 Å². The van der Waals surface area contributed by atoms with Crippen molar-refractivity contribution < 1.29 is 22.5 Å². The minimum atomic E-state index is -4.46. The van der Waals surface area contributed by atoms with Gasteiger partial charge in [-0.1, -0.05) is 34.9 Å². The van der Waals surface area contributed by atoms with E-state index in [0.717, 1.165) is 34.3 Å². The molecule has 0 bridgehead atoms. The zero-order chi connectivity index (χ0) is 21.2. The van der Waals surface area contributed by atoms with Crippen molar-refractivity contribution in [2.24, 2.45) is 5.92 Å². The summed E-state index contributed by atoms with van der Waals surface area (Å²) in [6.07, 6.45) is -4.46. The molecule has 0 fully saturated rings. The van der Waals surface area contributed by atoms with Crippen LogP contribution >= 0.6 is 15.9 Å². The van der Waals surface area contributed by atoms with Gasteiger partial charge in [0.2, 0.25) is 11.7 Å². The molecule has 0 saturated heterocycles. The Morgan fingerprint density at radius 3 is 2.24 bits per heavy atom. The summed E-state index contributed by atoms with van der Waals surface area (Å²) in [6, 6.07) is 10.8. The summed E-state index contributed by atoms with van der Waals surface area (Å²) in [5.74, 6) is -0.0208. The lowest BCUT2D eigenvalue weighted by atomic mass is 10.0. The molecule has 0 aliphatic heterocycles. The molecule has 1 aromatic heterocycles. The molecule has 0 spiro atoms. The van der Waals surface area contributed by atoms with Crippen LogP contribution in [0.1, 0.15) is 41.7 Å². The highest BCUT2D eigenvalue weighted by Crippen LogP contribution is 2.29. The second-order valence-electron chi connectivity index (χ2n) is 6.73. The van der Waals surface area contributed by atoms with E-state index in [-0.39, 0.29) is 17.4 Å². The molecule has 3 rings (SSSR count). The zero-order valence-corrected chi connectivity index (χ0v) is 17.1. The molecule has 0 unspecified atom stereocenters. The number of nitrogens with one attached hydrogen (secondary N) is 1. The Kier molecular flexibility index (Phi) is 6.07. The molecule has 0 saturated carbocycles. The first-order valence-corrected chi connectivity index (χ1v) is 9.52. The molecule has 29 heavy (non-hydrogen) atoms. The van der Waals surface area contributed by atoms with E-state index in [1.165, 1.54) is 0 Å². The lowest BCUT2D eigenvalue weighted by Crippen LogP contribution is -2.32. The topological polar surface area (TPSA) is 68.0 Å². The van der Waals surface area contributed by atoms with E-state index in [9.17, 15) is 18.0 Å². The highest BCUT2D eigenvalue weighted by Gasteiger charge is 2.30. The van der Waals surface area contributed by atoms with Crippen LogP contribution in [0.4, 0.5) is 13.2 Å². The third-order valence-electron chi connectivity index (χ3n) is 4.24. The van der Waals surface area contributed by atoms with Crippen molar-refractivity contribution >= 4 is 21.8 Å². The molecule has 1 atom stereocenters. The number of halogens is 4. The third kappa shape index (κ3) is 5.03. The molecular weight excluding hydrogens is 451 g/mol. The van der Waals surface area contributed by atoms with Crippen LogP contribution in [0.15, 0.2) is 57.5 Å². The van der Waals surface area contributed by atoms with Gasteiger partial charge >= 0.3 is 6.18 Å². The zero-order valence-electron chi connectivity index (χ0n) is 15.5. The molecular formula is C20H17BrF3N3O2. The van der Waals surface area contributed by atoms with Crippen LogP contribution in [-0.4, -0.2) is 16.0 Å². The van der Waals surface area contributed by atoms with Crippen LogP contribution in [0, 0.1) is 5.92 Å². The number of alkyl halides is 3. The Hall–Kier alpha value is -2.68. The van der Waals surface area contributed by atoms with Crippen LogP contribution in [0.2, 0.25) is 0 Å². The van der Waals surface area contributed by atoms with Gasteiger partial charge in [-0.25, -0.2) is 0 Å². The Morgan fingerprint density at radius 1 is 1.07 bits per heavy atom. The predicted octanol–water partition coefficient (Wildman–Crippen LogP) is 5.65. The second-order valence-corrected chi connectivity index (χ2v) is 7.65. The number of hydrogen-bond acceptors (Lipinski definition) is 4. The SMILES string of the molecule is CC(C)[C@H](NC(=O)c1ccc(C(F)(F)F)cc1)c1nc(-c2ccc(Br)cc2)no1. The summed E-state index contributed by atoms with van der Waals surface area (Å²) >= 11 is 3.36. The molecule has 3 aromatic rings. The van der Waals surface area contributed by atoms with Crippen molar-refractivity contribution in [3.05, 3.63) is 70.0 Å². The van der Waals surface area contributed by atoms with Crippen LogP contribution in [0.5, 0.6) is 0 Å². The fraction of sp³-hybridized carbons (Fsp3) is 0.250. The average Bonchev–Trinajstić information content (AvgIpc) is 3.15. The summed E-state index contributed by atoms with van der Waals surface area (Å²) in [5.41, 5.74) is 0.0431. The molecule has 152 valence electrons. The summed E-state index contributed by atoms with van der Waals surface area (Å²) in [4.78, 5) is 16.9. The molecule has 5 nitrogen and oxygen atoms in total. The summed E-state index contributed by atoms with van der Waals surface area (Å²) < 4.78 is 44.3. The van der Waals surface area contributed by atoms with Crippen molar-refractivity contribution in [1.29, 1.82) is 0 Å². The van der Waals surface area contributed by atoms with Gasteiger partial charge in [0.05, 0.1) is 5.56 Å². The molecule has 9 heteroatoms. The maximum Gasteiger partial charge on any atom is 0.416 e. The molecule has 0 radical (unpaired) electrons. The van der Waals surface area contributed by atoms with Crippen LogP contribution in [0.25, 0.3) is 11.4 Å². The monoisotopic (exact) mass is 467 g/mol. The number of rotatable bonds is 5. The van der Waals surface area contributed by atoms with Crippen molar-refractivity contribution in [1.82, 2.24) is 15.5 Å². The highest BCUT2D eigenvalue weighted by atomic mass is 79.9. The van der Waals surface area contributed by atoms with Crippen molar-refractivity contribution in [2.75, 3.05) is 0 Å². The summed E-state index contributed by atoms with van der Waals surface area (Å²) in [7, 11) is 0. The van der Waals surface area contributed by atoms with Gasteiger partial charge in [0.1, 0.15) is 6.04 Å². The van der Waals surface area contributed by atoms with Gasteiger partial charge < -0.3 is 9.84 Å². The molecule has 0 aliphatic rings. The standard InChI is InChI=1S/C20H17BrF3N3O2/c1-11(2)16(19-26-17(27-29-19)12-5-9-15(21)10-6-12)25-18(28)13-3-7-14(8-4-13)20(22,23)24/h3-11,16H,1-2H3,(H,25,28)/t16-/m0/s1. The Balaban J connectivity index is 1.78. The van der Waals surface area contributed by atoms with E-state index in [2.05, 4.69) is 31.4 Å². The number of carbonyl (C=O) groups excluding carboxylic acids is 1. The Labute approximate surface area is 173 Å². The number of amides is 1. The first-order chi connectivity index (χ1) is 13.6. The van der Waals surface area contributed by atoms with Gasteiger partial charge in [0, 0.05) is 15.6 Å². The molecule has 1 heterocycles. The van der Waals surface area contributed by atoms with Crippen molar-refractivity contribution in [2.45, 2.75) is 26.1 Å². The maximum atomic E-state index is 12.7. The predicted molar refractivity (Wildman–Crippen MR) is 104 cm³/mol. The van der Waals surface area contributed by atoms with Gasteiger partial charge in [-0.2, -0.15) is 18.2 Å². The molecule has 1 N–H and O–H groups in total. The van der Waals surface area contributed by atoms with E-state index < -0.39 is 23.7 Å². The van der Waals surface area contributed by atoms with Gasteiger partial charge in [0.25, 0.3) is 5.91 Å². The van der Waals surface area contributed by atoms with E-state index in [1.54, 1.807) is 0 Å². The number of nitrogens with zero attached hydrogens (tertiary/aromatic N) is 2. The summed E-state index contributed by atoms with van der Waals surface area (Å²) in [6.45, 7) is 3.72. The number of aromatic nitrogens is 2. The van der Waals surface area contributed by atoms with Crippen LogP contribution in [0.3, 0.4) is 0 Å². The summed E-state index contributed by atoms with van der Waals surface area (Å²) in [5, 5.41) is 6.72. The number of hydrogen-bond donors (Lipinski definition) is 1. The lowest BCUT2D eigenvalue weighted by molar-refractivity contribution is -0.137. The largest absolute Gasteiger partial charge is 0.416 e. The smallest absolute Gasteiger partial charge is 0.340 e. The molecule has 1 amide bonds. The lowest BCUT2D eigenvalue weighted by Gasteiger charge is -2.18. The van der Waals surface area contributed by atoms with Gasteiger partial charge in [-0.05, 0) is 54.4 Å². The van der Waals surface area contributed by atoms with E-state index in [0.29, 0.717) is 5.82 Å². The average molecular weight is 468 g/mol. The van der Waals surface area contributed by atoms with Crippen molar-refractivity contribution in [3.63, 3.8) is 0 Å². The molecule has 0 aliphatic carbocycles. The number of benzene rings is 2. The first kappa shape index (κ1) is 21.0. The number of carbonyl (C=O) groups is 1. The fourth-order valence-corrected chi connectivity index (χ4v) is 2.89. The minimum absolute atomic E-state index is 0.0911. The van der Waals surface area contributed by atoms with E-state index in [1.807, 2.05) is 38.1 Å². The molecule has 2 aromatic carbocycles. The Bertz CT molecular complexity index is 983. The van der Waals surface area contributed by atoms with Gasteiger partial charge in [0.15, 0.2) is 0 Å². The maximum absolute atomic E-state index is 12.7. The second kappa shape index (κ2) is 8.36. The van der Waals surface area contributed by atoms with E-state index in [4.69, 9.17) is 4.52 Å². The van der Waals surface area contributed by atoms with Gasteiger partial charge in [-0.15, -0.1) is 0 Å². The third-order valence-corrected chi connectivity index (χ3v) is 4.77. The highest BCUT2D eigenvalue weighted by molar-refractivity contribution is 9.10. The quantitative estimate of drug-likeness (QED) is 0.526. The van der Waals surface area contributed by atoms with Crippen LogP contribution in [-0.2, 0) is 6.18 Å². The van der Waals surface area contributed by atoms with Crippen LogP contribution < -0.4 is 5.32 Å². The fourth-order valence-electron chi connectivity index (χ4n) is 2.63. The first-order valence-electron chi connectivity index (χ1n) is 8.73. The minimum Gasteiger partial charge on any atom is -0.340 e.